The highest BCUT2D eigenvalue weighted by Gasteiger charge is 2.44. The average molecular weight is 442 g/mol. The first kappa shape index (κ1) is 21.3. The summed E-state index contributed by atoms with van der Waals surface area (Å²) >= 11 is 0. The number of hydrogen-bond donors (Lipinski definition) is 1. The number of pyridine rings is 1. The Balaban J connectivity index is 1.47. The molecular formula is C27H27N3O3. The van der Waals surface area contributed by atoms with Crippen LogP contribution in [0.2, 0.25) is 0 Å². The summed E-state index contributed by atoms with van der Waals surface area (Å²) in [6, 6.07) is 15.0. The molecule has 6 nitrogen and oxygen atoms in total. The summed E-state index contributed by atoms with van der Waals surface area (Å²) < 4.78 is 0. The Kier molecular flexibility index (Phi) is 5.67. The number of hydrogen-bond acceptors (Lipinski definition) is 4. The van der Waals surface area contributed by atoms with Gasteiger partial charge in [0.1, 0.15) is 0 Å². The number of nitrogens with one attached hydrogen (secondary N) is 1. The van der Waals surface area contributed by atoms with Gasteiger partial charge in [-0.05, 0) is 43.0 Å². The van der Waals surface area contributed by atoms with E-state index in [2.05, 4.69) is 10.3 Å². The molecule has 0 spiro atoms. The predicted molar refractivity (Wildman–Crippen MR) is 127 cm³/mol. The molecule has 1 aliphatic carbocycles. The zero-order valence-electron chi connectivity index (χ0n) is 18.7. The molecule has 0 bridgehead atoms. The predicted octanol–water partition coefficient (Wildman–Crippen LogP) is 4.97. The van der Waals surface area contributed by atoms with Crippen LogP contribution in [-0.4, -0.2) is 33.6 Å². The molecule has 5 rings (SSSR count). The molecule has 2 aromatic carbocycles. The Morgan fingerprint density at radius 2 is 1.76 bits per heavy atom. The quantitative estimate of drug-likeness (QED) is 0.580. The van der Waals surface area contributed by atoms with Crippen LogP contribution in [0.3, 0.4) is 0 Å². The lowest BCUT2D eigenvalue weighted by atomic mass is 9.89. The van der Waals surface area contributed by atoms with Crippen LogP contribution in [0.4, 0.5) is 5.69 Å². The highest BCUT2D eigenvalue weighted by molar-refractivity contribution is 6.12. The van der Waals surface area contributed by atoms with Crippen molar-refractivity contribution in [2.45, 2.75) is 57.4 Å². The molecular weight excluding hydrogens is 414 g/mol. The van der Waals surface area contributed by atoms with E-state index in [0.29, 0.717) is 22.3 Å². The lowest BCUT2D eigenvalue weighted by Crippen LogP contribution is -2.41. The smallest absolute Gasteiger partial charge is 0.256 e. The summed E-state index contributed by atoms with van der Waals surface area (Å²) in [6.07, 6.45) is 6.81. The van der Waals surface area contributed by atoms with Gasteiger partial charge >= 0.3 is 0 Å². The number of carbonyl (C=O) groups excluding carboxylic acids is 3. The molecule has 1 N–H and O–H groups in total. The molecule has 2 fully saturated rings. The van der Waals surface area contributed by atoms with Crippen molar-refractivity contribution in [3.63, 3.8) is 0 Å². The first-order chi connectivity index (χ1) is 16.0. The number of aryl methyl sites for hydroxylation is 1. The standard InChI is InChI=1S/C27H27N3O3/c1-17-8-5-13-20(21-16-23(31)30(27(21)33)19-11-3-2-4-12-19)24(17)26(32)29-22-14-6-9-18-10-7-15-28-25(18)22/h5-10,13-15,19,21H,2-4,11-12,16H2,1H3,(H,29,32). The molecule has 1 aromatic heterocycles. The van der Waals surface area contributed by atoms with Gasteiger partial charge in [0, 0.05) is 29.6 Å². The Morgan fingerprint density at radius 3 is 2.58 bits per heavy atom. The molecule has 2 aliphatic rings. The van der Waals surface area contributed by atoms with Crippen molar-refractivity contribution >= 4 is 34.3 Å². The van der Waals surface area contributed by atoms with Crippen molar-refractivity contribution in [2.24, 2.45) is 0 Å². The number of carbonyl (C=O) groups is 3. The monoisotopic (exact) mass is 441 g/mol. The fourth-order valence-corrected chi connectivity index (χ4v) is 5.30. The number of para-hydroxylation sites is 1. The zero-order chi connectivity index (χ0) is 22.9. The maximum Gasteiger partial charge on any atom is 0.256 e. The van der Waals surface area contributed by atoms with E-state index in [1.807, 2.05) is 55.5 Å². The van der Waals surface area contributed by atoms with E-state index in [1.54, 1.807) is 6.20 Å². The minimum absolute atomic E-state index is 0.00686. The van der Waals surface area contributed by atoms with Gasteiger partial charge in [-0.3, -0.25) is 24.3 Å². The largest absolute Gasteiger partial charge is 0.320 e. The van der Waals surface area contributed by atoms with Crippen molar-refractivity contribution in [2.75, 3.05) is 5.32 Å². The summed E-state index contributed by atoms with van der Waals surface area (Å²) in [6.45, 7) is 1.86. The van der Waals surface area contributed by atoms with Crippen LogP contribution in [0.1, 0.15) is 65.9 Å². The van der Waals surface area contributed by atoms with E-state index in [-0.39, 0.29) is 30.2 Å². The summed E-state index contributed by atoms with van der Waals surface area (Å²) in [4.78, 5) is 45.6. The first-order valence-electron chi connectivity index (χ1n) is 11.6. The summed E-state index contributed by atoms with van der Waals surface area (Å²) in [5, 5.41) is 3.93. The number of benzene rings is 2. The van der Waals surface area contributed by atoms with E-state index in [1.165, 1.54) is 4.90 Å². The maximum absolute atomic E-state index is 13.5. The Labute approximate surface area is 193 Å². The van der Waals surface area contributed by atoms with E-state index in [9.17, 15) is 14.4 Å². The van der Waals surface area contributed by atoms with Gasteiger partial charge < -0.3 is 5.32 Å². The number of nitrogens with zero attached hydrogens (tertiary/aromatic N) is 2. The van der Waals surface area contributed by atoms with Crippen molar-refractivity contribution < 1.29 is 14.4 Å². The summed E-state index contributed by atoms with van der Waals surface area (Å²) in [5.41, 5.74) is 3.18. The van der Waals surface area contributed by atoms with Gasteiger partial charge in [0.25, 0.3) is 5.91 Å². The minimum Gasteiger partial charge on any atom is -0.320 e. The molecule has 2 heterocycles. The van der Waals surface area contributed by atoms with Gasteiger partial charge in [-0.2, -0.15) is 0 Å². The van der Waals surface area contributed by atoms with Crippen LogP contribution >= 0.6 is 0 Å². The maximum atomic E-state index is 13.5. The van der Waals surface area contributed by atoms with E-state index in [4.69, 9.17) is 0 Å². The highest BCUT2D eigenvalue weighted by Crippen LogP contribution is 2.37. The minimum atomic E-state index is -0.620. The number of amides is 3. The number of likely N-dealkylation sites (tertiary alicyclic amines) is 1. The van der Waals surface area contributed by atoms with E-state index >= 15 is 0 Å². The van der Waals surface area contributed by atoms with Crippen LogP contribution in [-0.2, 0) is 9.59 Å². The van der Waals surface area contributed by atoms with Gasteiger partial charge in [-0.1, -0.05) is 55.7 Å². The second kappa shape index (κ2) is 8.77. The Hall–Kier alpha value is -3.54. The summed E-state index contributed by atoms with van der Waals surface area (Å²) in [7, 11) is 0. The molecule has 3 amide bonds. The SMILES string of the molecule is Cc1cccc(C2CC(=O)N(C3CCCCC3)C2=O)c1C(=O)Nc1cccc2cccnc12. The average Bonchev–Trinajstić information content (AvgIpc) is 3.13. The third kappa shape index (κ3) is 3.90. The number of aromatic nitrogens is 1. The fourth-order valence-electron chi connectivity index (χ4n) is 5.30. The van der Waals surface area contributed by atoms with Crippen molar-refractivity contribution in [1.82, 2.24) is 9.88 Å². The van der Waals surface area contributed by atoms with Crippen LogP contribution in [0.15, 0.2) is 54.7 Å². The van der Waals surface area contributed by atoms with E-state index < -0.39 is 5.92 Å². The third-order valence-corrected chi connectivity index (χ3v) is 6.91. The van der Waals surface area contributed by atoms with Crippen molar-refractivity contribution in [1.29, 1.82) is 0 Å². The first-order valence-corrected chi connectivity index (χ1v) is 11.6. The molecule has 3 aromatic rings. The number of anilines is 1. The van der Waals surface area contributed by atoms with E-state index in [0.717, 1.165) is 43.1 Å². The van der Waals surface area contributed by atoms with Gasteiger partial charge in [0.05, 0.1) is 17.1 Å². The van der Waals surface area contributed by atoms with Crippen LogP contribution < -0.4 is 5.32 Å². The molecule has 1 saturated carbocycles. The highest BCUT2D eigenvalue weighted by atomic mass is 16.2. The Bertz CT molecular complexity index is 1240. The van der Waals surface area contributed by atoms with Crippen molar-refractivity contribution in [3.8, 4) is 0 Å². The second-order valence-electron chi connectivity index (χ2n) is 9.02. The number of imide groups is 1. The van der Waals surface area contributed by atoms with Crippen LogP contribution in [0.5, 0.6) is 0 Å². The molecule has 1 saturated heterocycles. The number of rotatable bonds is 4. The van der Waals surface area contributed by atoms with Gasteiger partial charge in [-0.25, -0.2) is 0 Å². The van der Waals surface area contributed by atoms with Gasteiger partial charge in [-0.15, -0.1) is 0 Å². The van der Waals surface area contributed by atoms with Gasteiger partial charge in [0.2, 0.25) is 11.8 Å². The fraction of sp³-hybridized carbons (Fsp3) is 0.333. The topological polar surface area (TPSA) is 79.4 Å². The molecule has 33 heavy (non-hydrogen) atoms. The van der Waals surface area contributed by atoms with Crippen LogP contribution in [0, 0.1) is 6.92 Å². The third-order valence-electron chi connectivity index (χ3n) is 6.91. The Morgan fingerprint density at radius 1 is 1.00 bits per heavy atom. The normalized spacial score (nSPS) is 19.3. The van der Waals surface area contributed by atoms with Crippen LogP contribution in [0.25, 0.3) is 10.9 Å². The molecule has 1 atom stereocenters. The van der Waals surface area contributed by atoms with Gasteiger partial charge in [0.15, 0.2) is 0 Å². The molecule has 1 aliphatic heterocycles. The molecule has 6 heteroatoms. The second-order valence-corrected chi connectivity index (χ2v) is 9.02. The zero-order valence-corrected chi connectivity index (χ0v) is 18.7. The number of fused-ring (bicyclic) bond motifs is 1. The molecule has 1 unspecified atom stereocenters. The lowest BCUT2D eigenvalue weighted by Gasteiger charge is -2.30. The lowest BCUT2D eigenvalue weighted by molar-refractivity contribution is -0.142. The molecule has 168 valence electrons. The summed E-state index contributed by atoms with van der Waals surface area (Å²) in [5.74, 6) is -1.20. The molecule has 0 radical (unpaired) electrons. The van der Waals surface area contributed by atoms with Crippen molar-refractivity contribution in [3.05, 3.63) is 71.4 Å².